The summed E-state index contributed by atoms with van der Waals surface area (Å²) in [5, 5.41) is 4.18. The summed E-state index contributed by atoms with van der Waals surface area (Å²) < 4.78 is 0. The lowest BCUT2D eigenvalue weighted by Gasteiger charge is -2.25. The van der Waals surface area contributed by atoms with Crippen LogP contribution in [0.3, 0.4) is 0 Å². The van der Waals surface area contributed by atoms with Crippen LogP contribution in [0.15, 0.2) is 42.5 Å². The van der Waals surface area contributed by atoms with Gasteiger partial charge in [0.1, 0.15) is 0 Å². The van der Waals surface area contributed by atoms with Gasteiger partial charge in [0.25, 0.3) is 0 Å². The highest BCUT2D eigenvalue weighted by Crippen LogP contribution is 2.34. The number of anilines is 1. The van der Waals surface area contributed by atoms with E-state index in [1.807, 2.05) is 57.2 Å². The summed E-state index contributed by atoms with van der Waals surface area (Å²) >= 11 is 0. The molecular weight excluding hydrogens is 296 g/mol. The monoisotopic (exact) mass is 320 g/mol. The first kappa shape index (κ1) is 16.3. The molecule has 3 nitrogen and oxygen atoms in total. The minimum absolute atomic E-state index is 0.00129. The van der Waals surface area contributed by atoms with Gasteiger partial charge >= 0.3 is 0 Å². The highest BCUT2D eigenvalue weighted by atomic mass is 16.2. The Morgan fingerprint density at radius 2 is 1.71 bits per heavy atom. The molecule has 0 saturated heterocycles. The predicted molar refractivity (Wildman–Crippen MR) is 101 cm³/mol. The lowest BCUT2D eigenvalue weighted by molar-refractivity contribution is -0.120. The van der Waals surface area contributed by atoms with Crippen molar-refractivity contribution in [2.24, 2.45) is 0 Å². The molecule has 0 aliphatic heterocycles. The smallest absolute Gasteiger partial charge is 0.234 e. The van der Waals surface area contributed by atoms with Gasteiger partial charge in [-0.05, 0) is 69.5 Å². The van der Waals surface area contributed by atoms with Crippen molar-refractivity contribution in [2.45, 2.75) is 40.0 Å². The molecule has 0 bridgehead atoms. The molecular formula is C21H24N2O. The number of hydrogen-bond acceptors (Lipinski definition) is 1. The summed E-state index contributed by atoms with van der Waals surface area (Å²) in [6.07, 6.45) is 0. The number of hydrogen-bond donors (Lipinski definition) is 2. The average molecular weight is 320 g/mol. The Kier molecular flexibility index (Phi) is 3.96. The maximum atomic E-state index is 13.0. The van der Waals surface area contributed by atoms with Gasteiger partial charge in [-0.3, -0.25) is 4.79 Å². The molecule has 0 radical (unpaired) electrons. The summed E-state index contributed by atoms with van der Waals surface area (Å²) in [6.45, 7) is 10.1. The lowest BCUT2D eigenvalue weighted by Crippen LogP contribution is -2.35. The molecule has 0 saturated carbocycles. The van der Waals surface area contributed by atoms with Crippen LogP contribution in [0.2, 0.25) is 0 Å². The van der Waals surface area contributed by atoms with Gasteiger partial charge in [-0.15, -0.1) is 0 Å². The first-order chi connectivity index (χ1) is 11.3. The van der Waals surface area contributed by atoms with E-state index in [-0.39, 0.29) is 5.91 Å². The van der Waals surface area contributed by atoms with E-state index in [0.717, 1.165) is 27.8 Å². The summed E-state index contributed by atoms with van der Waals surface area (Å²) in [7, 11) is 0. The fourth-order valence-corrected chi connectivity index (χ4v) is 3.30. The zero-order valence-corrected chi connectivity index (χ0v) is 14.9. The maximum Gasteiger partial charge on any atom is 0.234 e. The zero-order chi connectivity index (χ0) is 17.5. The Morgan fingerprint density at radius 3 is 2.42 bits per heavy atom. The minimum Gasteiger partial charge on any atom is -0.358 e. The molecule has 3 heteroatoms. The fourth-order valence-electron chi connectivity index (χ4n) is 3.30. The van der Waals surface area contributed by atoms with Crippen molar-refractivity contribution in [1.29, 1.82) is 0 Å². The van der Waals surface area contributed by atoms with Crippen LogP contribution >= 0.6 is 0 Å². The average Bonchev–Trinajstić information content (AvgIpc) is 2.87. The number of amides is 1. The van der Waals surface area contributed by atoms with Crippen molar-refractivity contribution in [2.75, 3.05) is 5.32 Å². The standard InChI is InChI=1S/C21H24N2O/c1-13-10-11-16(12-14(13)2)23-20(24)21(4,5)19-15(3)22-18-9-7-6-8-17(18)19/h6-12,22H,1-5H3,(H,23,24). The van der Waals surface area contributed by atoms with Crippen molar-refractivity contribution in [3.63, 3.8) is 0 Å². The molecule has 1 heterocycles. The van der Waals surface area contributed by atoms with E-state index in [2.05, 4.69) is 30.2 Å². The first-order valence-corrected chi connectivity index (χ1v) is 8.27. The van der Waals surface area contributed by atoms with E-state index in [4.69, 9.17) is 0 Å². The summed E-state index contributed by atoms with van der Waals surface area (Å²) in [4.78, 5) is 16.4. The molecule has 0 aliphatic carbocycles. The summed E-state index contributed by atoms with van der Waals surface area (Å²) in [5.74, 6) is -0.00129. The van der Waals surface area contributed by atoms with Crippen LogP contribution in [0.4, 0.5) is 5.69 Å². The van der Waals surface area contributed by atoms with Gasteiger partial charge < -0.3 is 10.3 Å². The number of carbonyl (C=O) groups is 1. The van der Waals surface area contributed by atoms with E-state index in [1.165, 1.54) is 11.1 Å². The van der Waals surface area contributed by atoms with E-state index >= 15 is 0 Å². The normalized spacial score (nSPS) is 11.7. The second-order valence-corrected chi connectivity index (χ2v) is 7.05. The second-order valence-electron chi connectivity index (χ2n) is 7.05. The van der Waals surface area contributed by atoms with Crippen molar-refractivity contribution in [3.05, 3.63) is 64.8 Å². The number of para-hydroxylation sites is 1. The van der Waals surface area contributed by atoms with Crippen LogP contribution in [0.5, 0.6) is 0 Å². The quantitative estimate of drug-likeness (QED) is 0.700. The molecule has 0 spiro atoms. The number of fused-ring (bicyclic) bond motifs is 1. The number of nitrogens with one attached hydrogen (secondary N) is 2. The van der Waals surface area contributed by atoms with Crippen LogP contribution < -0.4 is 5.32 Å². The van der Waals surface area contributed by atoms with Crippen molar-refractivity contribution < 1.29 is 4.79 Å². The molecule has 1 aromatic heterocycles. The maximum absolute atomic E-state index is 13.0. The fraction of sp³-hybridized carbons (Fsp3) is 0.286. The molecule has 24 heavy (non-hydrogen) atoms. The van der Waals surface area contributed by atoms with E-state index in [9.17, 15) is 4.79 Å². The molecule has 124 valence electrons. The number of rotatable bonds is 3. The number of benzene rings is 2. The van der Waals surface area contributed by atoms with Crippen LogP contribution in [0, 0.1) is 20.8 Å². The highest BCUT2D eigenvalue weighted by molar-refractivity contribution is 6.02. The largest absolute Gasteiger partial charge is 0.358 e. The number of carbonyl (C=O) groups excluding carboxylic acids is 1. The Bertz CT molecular complexity index is 919. The molecule has 0 fully saturated rings. The van der Waals surface area contributed by atoms with Crippen molar-refractivity contribution >= 4 is 22.5 Å². The molecule has 0 aliphatic rings. The Hall–Kier alpha value is -2.55. The Balaban J connectivity index is 1.98. The van der Waals surface area contributed by atoms with E-state index in [1.54, 1.807) is 0 Å². The van der Waals surface area contributed by atoms with Crippen LogP contribution in [0.1, 0.15) is 36.2 Å². The number of aromatic amines is 1. The van der Waals surface area contributed by atoms with E-state index in [0.29, 0.717) is 0 Å². The van der Waals surface area contributed by atoms with E-state index < -0.39 is 5.41 Å². The molecule has 1 amide bonds. The van der Waals surface area contributed by atoms with Crippen LogP contribution in [-0.4, -0.2) is 10.9 Å². The third-order valence-electron chi connectivity index (χ3n) is 4.85. The molecule has 0 atom stereocenters. The third kappa shape index (κ3) is 2.71. The van der Waals surface area contributed by atoms with Crippen molar-refractivity contribution in [3.8, 4) is 0 Å². The number of aryl methyl sites for hydroxylation is 3. The van der Waals surface area contributed by atoms with Gasteiger partial charge in [-0.25, -0.2) is 0 Å². The Morgan fingerprint density at radius 1 is 1.00 bits per heavy atom. The minimum atomic E-state index is -0.636. The molecule has 3 rings (SSSR count). The third-order valence-corrected chi connectivity index (χ3v) is 4.85. The second kappa shape index (κ2) is 5.82. The molecule has 2 aromatic carbocycles. The first-order valence-electron chi connectivity index (χ1n) is 8.27. The van der Waals surface area contributed by atoms with Crippen LogP contribution in [0.25, 0.3) is 10.9 Å². The van der Waals surface area contributed by atoms with Gasteiger partial charge in [-0.2, -0.15) is 0 Å². The van der Waals surface area contributed by atoms with Gasteiger partial charge in [0.15, 0.2) is 0 Å². The number of aromatic nitrogens is 1. The highest BCUT2D eigenvalue weighted by Gasteiger charge is 2.34. The Labute approximate surface area is 143 Å². The number of H-pyrrole nitrogens is 1. The lowest BCUT2D eigenvalue weighted by atomic mass is 9.81. The topological polar surface area (TPSA) is 44.9 Å². The molecule has 0 unspecified atom stereocenters. The summed E-state index contributed by atoms with van der Waals surface area (Å²) in [6, 6.07) is 14.1. The SMILES string of the molecule is Cc1ccc(NC(=O)C(C)(C)c2c(C)[nH]c3ccccc23)cc1C. The van der Waals surface area contributed by atoms with Gasteiger partial charge in [0.05, 0.1) is 5.41 Å². The zero-order valence-electron chi connectivity index (χ0n) is 14.9. The van der Waals surface area contributed by atoms with Crippen LogP contribution in [-0.2, 0) is 10.2 Å². The summed E-state index contributed by atoms with van der Waals surface area (Å²) in [5.41, 5.74) is 5.76. The molecule has 3 aromatic rings. The predicted octanol–water partition coefficient (Wildman–Crippen LogP) is 5.01. The van der Waals surface area contributed by atoms with Crippen molar-refractivity contribution in [1.82, 2.24) is 4.98 Å². The van der Waals surface area contributed by atoms with Gasteiger partial charge in [0.2, 0.25) is 5.91 Å². The van der Waals surface area contributed by atoms with Gasteiger partial charge in [-0.1, -0.05) is 24.3 Å². The van der Waals surface area contributed by atoms with Gasteiger partial charge in [0, 0.05) is 22.3 Å². The molecule has 2 N–H and O–H groups in total.